The molecular formula is C20H25ClO2. The van der Waals surface area contributed by atoms with E-state index < -0.39 is 5.60 Å². The molecule has 3 heteroatoms. The van der Waals surface area contributed by atoms with Crippen LogP contribution in [-0.4, -0.2) is 11.6 Å². The molecule has 0 aliphatic carbocycles. The maximum absolute atomic E-state index is 12.3. The number of carbonyl (C=O) groups excluding carboxylic acids is 1. The van der Waals surface area contributed by atoms with Crippen LogP contribution in [0.25, 0.3) is 11.1 Å². The summed E-state index contributed by atoms with van der Waals surface area (Å²) in [6, 6.07) is 18.4. The molecule has 0 aliphatic rings. The van der Waals surface area contributed by atoms with Gasteiger partial charge in [-0.05, 0) is 43.9 Å². The van der Waals surface area contributed by atoms with E-state index in [9.17, 15) is 4.79 Å². The Balaban J connectivity index is 0.00000264. The fourth-order valence-corrected chi connectivity index (χ4v) is 2.45. The quantitative estimate of drug-likeness (QED) is 0.680. The summed E-state index contributed by atoms with van der Waals surface area (Å²) in [6.07, 6.45) is 0.736. The monoisotopic (exact) mass is 332 g/mol. The molecule has 1 unspecified atom stereocenters. The van der Waals surface area contributed by atoms with Crippen LogP contribution in [0.1, 0.15) is 45.6 Å². The zero-order valence-electron chi connectivity index (χ0n) is 14.2. The zero-order valence-corrected chi connectivity index (χ0v) is 15.0. The van der Waals surface area contributed by atoms with Crippen LogP contribution in [0.2, 0.25) is 0 Å². The van der Waals surface area contributed by atoms with E-state index in [0.717, 1.165) is 17.5 Å². The van der Waals surface area contributed by atoms with Gasteiger partial charge in [-0.2, -0.15) is 0 Å². The molecule has 124 valence electrons. The van der Waals surface area contributed by atoms with Crippen molar-refractivity contribution in [2.45, 2.75) is 45.6 Å². The molecule has 0 aromatic heterocycles. The van der Waals surface area contributed by atoms with Gasteiger partial charge in [0.25, 0.3) is 0 Å². The zero-order chi connectivity index (χ0) is 16.2. The normalized spacial score (nSPS) is 12.2. The molecular weight excluding hydrogens is 308 g/mol. The first-order valence-electron chi connectivity index (χ1n) is 7.79. The molecule has 0 fully saturated rings. The molecule has 0 heterocycles. The number of ether oxygens (including phenoxy) is 1. The molecule has 0 aliphatic heterocycles. The lowest BCUT2D eigenvalue weighted by Gasteiger charge is -2.23. The van der Waals surface area contributed by atoms with Gasteiger partial charge in [0.1, 0.15) is 5.60 Å². The van der Waals surface area contributed by atoms with Gasteiger partial charge >= 0.3 is 5.97 Å². The first-order chi connectivity index (χ1) is 10.4. The smallest absolute Gasteiger partial charge is 0.313 e. The highest BCUT2D eigenvalue weighted by molar-refractivity contribution is 5.85. The molecule has 0 radical (unpaired) electrons. The Kier molecular flexibility index (Phi) is 6.83. The van der Waals surface area contributed by atoms with Crippen LogP contribution < -0.4 is 0 Å². The number of halogens is 1. The van der Waals surface area contributed by atoms with Crippen LogP contribution in [0.5, 0.6) is 0 Å². The summed E-state index contributed by atoms with van der Waals surface area (Å²) in [5.74, 6) is -0.355. The summed E-state index contributed by atoms with van der Waals surface area (Å²) >= 11 is 0. The first kappa shape index (κ1) is 19.2. The minimum absolute atomic E-state index is 0. The molecule has 0 saturated carbocycles. The van der Waals surface area contributed by atoms with Crippen molar-refractivity contribution >= 4 is 18.4 Å². The van der Waals surface area contributed by atoms with Crippen LogP contribution in [0, 0.1) is 0 Å². The highest BCUT2D eigenvalue weighted by atomic mass is 35.5. The Hall–Kier alpha value is -1.80. The van der Waals surface area contributed by atoms with Crippen molar-refractivity contribution in [2.75, 3.05) is 0 Å². The summed E-state index contributed by atoms with van der Waals surface area (Å²) in [7, 11) is 0. The van der Waals surface area contributed by atoms with Crippen molar-refractivity contribution in [3.05, 3.63) is 60.2 Å². The van der Waals surface area contributed by atoms with Crippen molar-refractivity contribution in [2.24, 2.45) is 0 Å². The molecule has 2 rings (SSSR count). The van der Waals surface area contributed by atoms with Gasteiger partial charge in [0.05, 0.1) is 5.92 Å². The summed E-state index contributed by atoms with van der Waals surface area (Å²) in [6.45, 7) is 7.71. The highest BCUT2D eigenvalue weighted by Gasteiger charge is 2.25. The van der Waals surface area contributed by atoms with Crippen molar-refractivity contribution in [1.82, 2.24) is 0 Å². The van der Waals surface area contributed by atoms with Crippen LogP contribution in [0.3, 0.4) is 0 Å². The lowest BCUT2D eigenvalue weighted by Crippen LogP contribution is -2.27. The maximum Gasteiger partial charge on any atom is 0.313 e. The van der Waals surface area contributed by atoms with E-state index in [-0.39, 0.29) is 24.3 Å². The largest absolute Gasteiger partial charge is 0.459 e. The lowest BCUT2D eigenvalue weighted by atomic mass is 9.94. The van der Waals surface area contributed by atoms with Crippen molar-refractivity contribution in [1.29, 1.82) is 0 Å². The number of esters is 1. The third-order valence-corrected chi connectivity index (χ3v) is 3.52. The van der Waals surface area contributed by atoms with Gasteiger partial charge in [0.2, 0.25) is 0 Å². The lowest BCUT2D eigenvalue weighted by molar-refractivity contribution is -0.156. The summed E-state index contributed by atoms with van der Waals surface area (Å²) < 4.78 is 5.52. The summed E-state index contributed by atoms with van der Waals surface area (Å²) in [5, 5.41) is 0. The van der Waals surface area contributed by atoms with E-state index >= 15 is 0 Å². The predicted molar refractivity (Wildman–Crippen MR) is 98.0 cm³/mol. The minimum atomic E-state index is -0.450. The molecule has 2 aromatic carbocycles. The Labute approximate surface area is 145 Å². The standard InChI is InChI=1S/C20H24O2.ClH/c1-5-18(19(21)22-20(2,3)4)17-13-11-16(12-14-17)15-9-7-6-8-10-15;/h6-14,18H,5H2,1-4H3;1H. The Morgan fingerprint density at radius 1 is 0.957 bits per heavy atom. The van der Waals surface area contributed by atoms with E-state index in [1.165, 1.54) is 5.56 Å². The van der Waals surface area contributed by atoms with Gasteiger partial charge in [0.15, 0.2) is 0 Å². The first-order valence-corrected chi connectivity index (χ1v) is 7.79. The van der Waals surface area contributed by atoms with Gasteiger partial charge in [-0.1, -0.05) is 61.5 Å². The topological polar surface area (TPSA) is 26.3 Å². The van der Waals surface area contributed by atoms with Gasteiger partial charge in [0, 0.05) is 0 Å². The third-order valence-electron chi connectivity index (χ3n) is 3.52. The fourth-order valence-electron chi connectivity index (χ4n) is 2.45. The SMILES string of the molecule is CCC(C(=O)OC(C)(C)C)c1ccc(-c2ccccc2)cc1.Cl. The molecule has 1 atom stereocenters. The van der Waals surface area contributed by atoms with E-state index in [4.69, 9.17) is 4.74 Å². The van der Waals surface area contributed by atoms with Crippen LogP contribution >= 0.6 is 12.4 Å². The Morgan fingerprint density at radius 3 is 1.96 bits per heavy atom. The van der Waals surface area contributed by atoms with E-state index in [1.54, 1.807) is 0 Å². The van der Waals surface area contributed by atoms with Crippen molar-refractivity contribution < 1.29 is 9.53 Å². The van der Waals surface area contributed by atoms with Crippen LogP contribution in [-0.2, 0) is 9.53 Å². The van der Waals surface area contributed by atoms with Gasteiger partial charge in [-0.15, -0.1) is 12.4 Å². The number of carbonyl (C=O) groups is 1. The molecule has 0 bridgehead atoms. The van der Waals surface area contributed by atoms with E-state index in [2.05, 4.69) is 24.3 Å². The third kappa shape index (κ3) is 5.40. The second-order valence-electron chi connectivity index (χ2n) is 6.48. The van der Waals surface area contributed by atoms with E-state index in [1.807, 2.05) is 58.0 Å². The number of benzene rings is 2. The Bertz CT molecular complexity index is 612. The van der Waals surface area contributed by atoms with Crippen molar-refractivity contribution in [3.63, 3.8) is 0 Å². The van der Waals surface area contributed by atoms with Gasteiger partial charge in [-0.3, -0.25) is 4.79 Å². The van der Waals surface area contributed by atoms with E-state index in [0.29, 0.717) is 0 Å². The molecule has 0 spiro atoms. The van der Waals surface area contributed by atoms with Crippen LogP contribution in [0.4, 0.5) is 0 Å². The van der Waals surface area contributed by atoms with Crippen molar-refractivity contribution in [3.8, 4) is 11.1 Å². The summed E-state index contributed by atoms with van der Waals surface area (Å²) in [5.41, 5.74) is 2.90. The minimum Gasteiger partial charge on any atom is -0.459 e. The van der Waals surface area contributed by atoms with Gasteiger partial charge in [-0.25, -0.2) is 0 Å². The van der Waals surface area contributed by atoms with Crippen LogP contribution in [0.15, 0.2) is 54.6 Å². The number of hydrogen-bond donors (Lipinski definition) is 0. The average molecular weight is 333 g/mol. The predicted octanol–water partition coefficient (Wildman–Crippen LogP) is 5.61. The number of rotatable bonds is 4. The molecule has 0 N–H and O–H groups in total. The Morgan fingerprint density at radius 2 is 1.48 bits per heavy atom. The van der Waals surface area contributed by atoms with Gasteiger partial charge < -0.3 is 4.74 Å². The molecule has 2 nitrogen and oxygen atoms in total. The molecule has 0 saturated heterocycles. The fraction of sp³-hybridized carbons (Fsp3) is 0.350. The summed E-state index contributed by atoms with van der Waals surface area (Å²) in [4.78, 5) is 12.3. The number of hydrogen-bond acceptors (Lipinski definition) is 2. The molecule has 2 aromatic rings. The highest BCUT2D eigenvalue weighted by Crippen LogP contribution is 2.26. The molecule has 23 heavy (non-hydrogen) atoms. The maximum atomic E-state index is 12.3. The average Bonchev–Trinajstić information content (AvgIpc) is 2.48. The second kappa shape index (κ2) is 8.16. The molecule has 0 amide bonds. The second-order valence-corrected chi connectivity index (χ2v) is 6.48.